The van der Waals surface area contributed by atoms with Gasteiger partial charge in [-0.2, -0.15) is 8.78 Å². The van der Waals surface area contributed by atoms with Crippen LogP contribution in [0.15, 0.2) is 30.3 Å². The lowest BCUT2D eigenvalue weighted by atomic mass is 10.0. The molecule has 0 aliphatic heterocycles. The molecule has 0 spiro atoms. The third-order valence-corrected chi connectivity index (χ3v) is 2.64. The van der Waals surface area contributed by atoms with E-state index in [2.05, 4.69) is 0 Å². The van der Waals surface area contributed by atoms with Crippen molar-refractivity contribution in [2.75, 3.05) is 0 Å². The topological polar surface area (TPSA) is 66.4 Å². The molecule has 1 aromatic rings. The Morgan fingerprint density at radius 2 is 1.74 bits per heavy atom. The van der Waals surface area contributed by atoms with Gasteiger partial charge in [-0.15, -0.1) is 0 Å². The molecule has 0 radical (unpaired) electrons. The summed E-state index contributed by atoms with van der Waals surface area (Å²) in [6, 6.07) is 5.20. The van der Waals surface area contributed by atoms with Gasteiger partial charge in [-0.1, -0.05) is 44.2 Å². The Hall–Kier alpha value is -1.98. The Kier molecular flexibility index (Phi) is 4.58. The van der Waals surface area contributed by atoms with Crippen LogP contribution < -0.4 is 5.32 Å². The van der Waals surface area contributed by atoms with Gasteiger partial charge in [0.1, 0.15) is 6.04 Å². The van der Waals surface area contributed by atoms with Crippen molar-refractivity contribution in [1.29, 1.82) is 0 Å². The Morgan fingerprint density at radius 1 is 1.21 bits per heavy atom. The lowest BCUT2D eigenvalue weighted by Gasteiger charge is -2.22. The van der Waals surface area contributed by atoms with Crippen molar-refractivity contribution in [2.45, 2.75) is 25.8 Å². The number of carboxylic acids is 1. The molecule has 104 valence electrons. The minimum atomic E-state index is -3.76. The van der Waals surface area contributed by atoms with Crippen molar-refractivity contribution < 1.29 is 23.5 Å². The van der Waals surface area contributed by atoms with Crippen LogP contribution in [0.3, 0.4) is 0 Å². The highest BCUT2D eigenvalue weighted by molar-refractivity contribution is 5.89. The minimum Gasteiger partial charge on any atom is -0.480 e. The third-order valence-electron chi connectivity index (χ3n) is 2.64. The van der Waals surface area contributed by atoms with Gasteiger partial charge < -0.3 is 10.4 Å². The first kappa shape index (κ1) is 15.1. The van der Waals surface area contributed by atoms with E-state index in [0.29, 0.717) is 0 Å². The zero-order valence-corrected chi connectivity index (χ0v) is 10.6. The van der Waals surface area contributed by atoms with Crippen molar-refractivity contribution >= 4 is 11.9 Å². The lowest BCUT2D eigenvalue weighted by Crippen LogP contribution is -2.49. The number of rotatable bonds is 5. The monoisotopic (exact) mass is 271 g/mol. The largest absolute Gasteiger partial charge is 0.480 e. The second kappa shape index (κ2) is 5.77. The van der Waals surface area contributed by atoms with Gasteiger partial charge in [0.15, 0.2) is 0 Å². The number of benzene rings is 1. The summed E-state index contributed by atoms with van der Waals surface area (Å²) < 4.78 is 27.7. The Labute approximate surface area is 109 Å². The number of carbonyl (C=O) groups is 2. The molecule has 0 bridgehead atoms. The highest BCUT2D eigenvalue weighted by Gasteiger charge is 2.42. The van der Waals surface area contributed by atoms with Gasteiger partial charge in [-0.25, -0.2) is 4.79 Å². The van der Waals surface area contributed by atoms with Crippen LogP contribution in [0.25, 0.3) is 0 Å². The highest BCUT2D eigenvalue weighted by Crippen LogP contribution is 2.28. The molecule has 1 rings (SSSR count). The normalized spacial score (nSPS) is 13.1. The lowest BCUT2D eigenvalue weighted by molar-refractivity contribution is -0.153. The fourth-order valence-corrected chi connectivity index (χ4v) is 1.52. The van der Waals surface area contributed by atoms with Crippen molar-refractivity contribution in [3.63, 3.8) is 0 Å². The highest BCUT2D eigenvalue weighted by atomic mass is 19.3. The van der Waals surface area contributed by atoms with Crippen LogP contribution in [0, 0.1) is 5.92 Å². The molecule has 0 unspecified atom stereocenters. The van der Waals surface area contributed by atoms with Crippen LogP contribution in [-0.2, 0) is 15.5 Å². The summed E-state index contributed by atoms with van der Waals surface area (Å²) in [6.45, 7) is 3.06. The smallest absolute Gasteiger partial charge is 0.349 e. The van der Waals surface area contributed by atoms with Gasteiger partial charge in [0.25, 0.3) is 5.91 Å². The van der Waals surface area contributed by atoms with E-state index < -0.39 is 35.3 Å². The van der Waals surface area contributed by atoms with Gasteiger partial charge in [-0.05, 0) is 5.92 Å². The number of alkyl halides is 2. The van der Waals surface area contributed by atoms with E-state index >= 15 is 0 Å². The molecule has 19 heavy (non-hydrogen) atoms. The van der Waals surface area contributed by atoms with Crippen LogP contribution in [0.2, 0.25) is 0 Å². The van der Waals surface area contributed by atoms with E-state index in [4.69, 9.17) is 5.11 Å². The van der Waals surface area contributed by atoms with Crippen LogP contribution >= 0.6 is 0 Å². The SMILES string of the molecule is CC(C)[C@@H](NC(=O)C(F)(F)c1ccccc1)C(=O)O. The van der Waals surface area contributed by atoms with Crippen molar-refractivity contribution in [3.8, 4) is 0 Å². The maximum atomic E-state index is 13.8. The molecule has 1 atom stereocenters. The summed E-state index contributed by atoms with van der Waals surface area (Å²) in [5.41, 5.74) is -0.472. The summed E-state index contributed by atoms with van der Waals surface area (Å²) in [5.74, 6) is -7.20. The van der Waals surface area contributed by atoms with Crippen molar-refractivity contribution in [2.24, 2.45) is 5.92 Å². The van der Waals surface area contributed by atoms with Gasteiger partial charge >= 0.3 is 11.9 Å². The maximum Gasteiger partial charge on any atom is 0.349 e. The molecule has 0 aliphatic carbocycles. The molecule has 1 amide bonds. The maximum absolute atomic E-state index is 13.8. The molecule has 0 saturated carbocycles. The number of carboxylic acid groups (broad SMARTS) is 1. The first-order valence-electron chi connectivity index (χ1n) is 5.74. The van der Waals surface area contributed by atoms with Gasteiger partial charge in [0.2, 0.25) is 0 Å². The summed E-state index contributed by atoms with van der Waals surface area (Å²) in [5, 5.41) is 10.7. The Morgan fingerprint density at radius 3 is 2.16 bits per heavy atom. The number of aliphatic carboxylic acids is 1. The van der Waals surface area contributed by atoms with Crippen LogP contribution in [-0.4, -0.2) is 23.0 Å². The molecule has 4 nitrogen and oxygen atoms in total. The predicted molar refractivity (Wildman–Crippen MR) is 64.7 cm³/mol. The fourth-order valence-electron chi connectivity index (χ4n) is 1.52. The molecular weight excluding hydrogens is 256 g/mol. The Bertz CT molecular complexity index is 460. The number of halogens is 2. The quantitative estimate of drug-likeness (QED) is 0.860. The molecular formula is C13H15F2NO3. The van der Waals surface area contributed by atoms with Crippen molar-refractivity contribution in [1.82, 2.24) is 5.32 Å². The molecule has 0 fully saturated rings. The van der Waals surface area contributed by atoms with E-state index in [9.17, 15) is 18.4 Å². The van der Waals surface area contributed by atoms with E-state index in [-0.39, 0.29) is 0 Å². The summed E-state index contributed by atoms with van der Waals surface area (Å²) in [6.07, 6.45) is 0. The third kappa shape index (κ3) is 3.49. The molecule has 0 saturated heterocycles. The summed E-state index contributed by atoms with van der Waals surface area (Å²) in [7, 11) is 0. The number of amides is 1. The zero-order chi connectivity index (χ0) is 14.6. The van der Waals surface area contributed by atoms with E-state index in [1.165, 1.54) is 26.0 Å². The van der Waals surface area contributed by atoms with Gasteiger partial charge in [-0.3, -0.25) is 4.79 Å². The second-order valence-corrected chi connectivity index (χ2v) is 4.47. The molecule has 0 aliphatic rings. The molecule has 1 aromatic carbocycles. The van der Waals surface area contributed by atoms with Crippen LogP contribution in [0.4, 0.5) is 8.78 Å². The fraction of sp³-hybridized carbons (Fsp3) is 0.385. The Balaban J connectivity index is 2.91. The summed E-state index contributed by atoms with van der Waals surface area (Å²) >= 11 is 0. The first-order valence-corrected chi connectivity index (χ1v) is 5.74. The standard InChI is InChI=1S/C13H15F2NO3/c1-8(2)10(11(17)18)16-12(19)13(14,15)9-6-4-3-5-7-9/h3-8,10H,1-2H3,(H,16,19)(H,17,18)/t10-/m1/s1. The number of nitrogens with one attached hydrogen (secondary N) is 1. The van der Waals surface area contributed by atoms with Crippen LogP contribution in [0.1, 0.15) is 19.4 Å². The molecule has 6 heteroatoms. The van der Waals surface area contributed by atoms with E-state index in [1.54, 1.807) is 6.07 Å². The zero-order valence-electron chi connectivity index (χ0n) is 10.6. The number of carbonyl (C=O) groups excluding carboxylic acids is 1. The summed E-state index contributed by atoms with van der Waals surface area (Å²) in [4.78, 5) is 22.4. The van der Waals surface area contributed by atoms with E-state index in [1.807, 2.05) is 5.32 Å². The molecule has 2 N–H and O–H groups in total. The molecule has 0 heterocycles. The number of hydrogen-bond donors (Lipinski definition) is 2. The van der Waals surface area contributed by atoms with Crippen molar-refractivity contribution in [3.05, 3.63) is 35.9 Å². The van der Waals surface area contributed by atoms with Gasteiger partial charge in [0, 0.05) is 5.56 Å². The average Bonchev–Trinajstić information content (AvgIpc) is 2.35. The second-order valence-electron chi connectivity index (χ2n) is 4.47. The molecule has 0 aromatic heterocycles. The van der Waals surface area contributed by atoms with Gasteiger partial charge in [0.05, 0.1) is 0 Å². The first-order chi connectivity index (χ1) is 8.76. The van der Waals surface area contributed by atoms with Crippen LogP contribution in [0.5, 0.6) is 0 Å². The number of hydrogen-bond acceptors (Lipinski definition) is 2. The predicted octanol–water partition coefficient (Wildman–Crippen LogP) is 2.00. The van der Waals surface area contributed by atoms with E-state index in [0.717, 1.165) is 12.1 Å². The average molecular weight is 271 g/mol. The minimum absolute atomic E-state index is 0.472.